The number of nitrogens with two attached hydrogens (primary N) is 1. The fourth-order valence-corrected chi connectivity index (χ4v) is 4.80. The molecule has 5 rings (SSSR count). The van der Waals surface area contributed by atoms with Crippen molar-refractivity contribution in [2.75, 3.05) is 12.3 Å². The van der Waals surface area contributed by atoms with Gasteiger partial charge in [0.25, 0.3) is 0 Å². The number of nitrogens with zero attached hydrogens (tertiary/aromatic N) is 3. The molecule has 0 saturated heterocycles. The minimum Gasteiger partial charge on any atom is -0.493 e. The molecule has 0 amide bonds. The highest BCUT2D eigenvalue weighted by molar-refractivity contribution is 7.19. The molecule has 0 bridgehead atoms. The van der Waals surface area contributed by atoms with Crippen LogP contribution in [0.3, 0.4) is 0 Å². The molecule has 4 aromatic rings. The lowest BCUT2D eigenvalue weighted by molar-refractivity contribution is 0.326. The van der Waals surface area contributed by atoms with Gasteiger partial charge in [-0.05, 0) is 48.0 Å². The second-order valence-electron chi connectivity index (χ2n) is 6.44. The molecule has 0 spiro atoms. The van der Waals surface area contributed by atoms with Gasteiger partial charge in [0.1, 0.15) is 17.9 Å². The van der Waals surface area contributed by atoms with E-state index in [2.05, 4.69) is 16.3 Å². The first-order valence-electron chi connectivity index (χ1n) is 8.61. The number of halogens is 2. The number of rotatable bonds is 2. The summed E-state index contributed by atoms with van der Waals surface area (Å²) in [5.74, 6) is 1.09. The third-order valence-electron chi connectivity index (χ3n) is 4.62. The van der Waals surface area contributed by atoms with Gasteiger partial charge in [-0.3, -0.25) is 4.57 Å². The first kappa shape index (κ1) is 17.2. The van der Waals surface area contributed by atoms with E-state index in [1.807, 2.05) is 18.2 Å². The summed E-state index contributed by atoms with van der Waals surface area (Å²) >= 11 is 7.84. The number of hydrogen-bond donors (Lipinski definition) is 1. The van der Waals surface area contributed by atoms with Gasteiger partial charge in [-0.2, -0.15) is 0 Å². The van der Waals surface area contributed by atoms with Crippen molar-refractivity contribution in [1.29, 1.82) is 0 Å². The highest BCUT2D eigenvalue weighted by Crippen LogP contribution is 2.44. The van der Waals surface area contributed by atoms with Crippen LogP contribution in [0.4, 0.5) is 10.1 Å². The lowest BCUT2D eigenvalue weighted by atomic mass is 10.1. The van der Waals surface area contributed by atoms with Gasteiger partial charge in [0.05, 0.1) is 22.2 Å². The number of ether oxygens (including phenoxy) is 1. The molecule has 2 aromatic heterocycles. The maximum absolute atomic E-state index is 13.4. The normalized spacial score (nSPS) is 12.8. The summed E-state index contributed by atoms with van der Waals surface area (Å²) in [6.07, 6.45) is 2.36. The Morgan fingerprint density at radius 2 is 2.07 bits per heavy atom. The predicted octanol–water partition coefficient (Wildman–Crippen LogP) is 4.97. The SMILES string of the molecule is Nc1ccc2c(c1)-c1sc(-c3nncn3-c3ccc(F)cc3Cl)cc1CCO2. The third-order valence-corrected chi connectivity index (χ3v) is 6.13. The van der Waals surface area contributed by atoms with E-state index in [1.165, 1.54) is 17.7 Å². The van der Waals surface area contributed by atoms with Crippen LogP contribution in [0.5, 0.6) is 5.75 Å². The molecule has 0 atom stereocenters. The molecule has 0 aliphatic carbocycles. The minimum absolute atomic E-state index is 0.297. The maximum atomic E-state index is 13.4. The van der Waals surface area contributed by atoms with Crippen LogP contribution in [0, 0.1) is 5.82 Å². The van der Waals surface area contributed by atoms with Crippen LogP contribution < -0.4 is 10.5 Å². The number of thiophene rings is 1. The van der Waals surface area contributed by atoms with Crippen molar-refractivity contribution in [3.8, 4) is 32.6 Å². The highest BCUT2D eigenvalue weighted by atomic mass is 35.5. The Balaban J connectivity index is 1.65. The van der Waals surface area contributed by atoms with Crippen LogP contribution in [0.2, 0.25) is 5.02 Å². The van der Waals surface area contributed by atoms with Gasteiger partial charge in [-0.1, -0.05) is 11.6 Å². The van der Waals surface area contributed by atoms with E-state index < -0.39 is 0 Å². The Kier molecular flexibility index (Phi) is 4.07. The molecule has 140 valence electrons. The van der Waals surface area contributed by atoms with Crippen molar-refractivity contribution in [2.45, 2.75) is 6.42 Å². The van der Waals surface area contributed by atoms with Crippen molar-refractivity contribution in [2.24, 2.45) is 0 Å². The van der Waals surface area contributed by atoms with Gasteiger partial charge in [0, 0.05) is 22.5 Å². The molecule has 2 aromatic carbocycles. The minimum atomic E-state index is -0.389. The van der Waals surface area contributed by atoms with Crippen molar-refractivity contribution in [3.05, 3.63) is 65.2 Å². The first-order chi connectivity index (χ1) is 13.6. The summed E-state index contributed by atoms with van der Waals surface area (Å²) in [6.45, 7) is 0.594. The van der Waals surface area contributed by atoms with Gasteiger partial charge in [0.2, 0.25) is 0 Å². The number of aromatic nitrogens is 3. The second kappa shape index (κ2) is 6.61. The van der Waals surface area contributed by atoms with Gasteiger partial charge in [-0.15, -0.1) is 21.5 Å². The molecule has 2 N–H and O–H groups in total. The monoisotopic (exact) mass is 412 g/mol. The van der Waals surface area contributed by atoms with E-state index in [0.29, 0.717) is 28.8 Å². The average molecular weight is 413 g/mol. The van der Waals surface area contributed by atoms with E-state index in [9.17, 15) is 4.39 Å². The Bertz CT molecular complexity index is 1200. The molecule has 5 nitrogen and oxygen atoms in total. The number of benzene rings is 2. The van der Waals surface area contributed by atoms with Gasteiger partial charge in [-0.25, -0.2) is 4.39 Å². The smallest absolute Gasteiger partial charge is 0.178 e. The van der Waals surface area contributed by atoms with Crippen LogP contribution in [0.15, 0.2) is 48.8 Å². The summed E-state index contributed by atoms with van der Waals surface area (Å²) in [6, 6.07) is 12.0. The summed E-state index contributed by atoms with van der Waals surface area (Å²) in [5.41, 5.74) is 9.46. The zero-order chi connectivity index (χ0) is 19.3. The fraction of sp³-hybridized carbons (Fsp3) is 0.100. The lowest BCUT2D eigenvalue weighted by Crippen LogP contribution is -1.99. The lowest BCUT2D eigenvalue weighted by Gasteiger charge is -2.08. The van der Waals surface area contributed by atoms with Crippen LogP contribution >= 0.6 is 22.9 Å². The van der Waals surface area contributed by atoms with E-state index in [1.54, 1.807) is 28.3 Å². The quantitative estimate of drug-likeness (QED) is 0.472. The zero-order valence-corrected chi connectivity index (χ0v) is 16.1. The molecular formula is C20H14ClFN4OS. The molecule has 1 aliphatic heterocycles. The van der Waals surface area contributed by atoms with Crippen molar-refractivity contribution in [1.82, 2.24) is 14.8 Å². The van der Waals surface area contributed by atoms with Crippen LogP contribution in [-0.2, 0) is 6.42 Å². The van der Waals surface area contributed by atoms with Gasteiger partial charge >= 0.3 is 0 Å². The van der Waals surface area contributed by atoms with Crippen molar-refractivity contribution < 1.29 is 9.13 Å². The van der Waals surface area contributed by atoms with Crippen LogP contribution in [-0.4, -0.2) is 21.4 Å². The summed E-state index contributed by atoms with van der Waals surface area (Å²) < 4.78 is 21.1. The predicted molar refractivity (Wildman–Crippen MR) is 109 cm³/mol. The topological polar surface area (TPSA) is 66.0 Å². The largest absolute Gasteiger partial charge is 0.493 e. The number of anilines is 1. The Morgan fingerprint density at radius 3 is 2.93 bits per heavy atom. The molecular weight excluding hydrogens is 399 g/mol. The zero-order valence-electron chi connectivity index (χ0n) is 14.5. The fourth-order valence-electron chi connectivity index (χ4n) is 3.33. The third kappa shape index (κ3) is 2.83. The number of fused-ring (bicyclic) bond motifs is 3. The molecule has 0 fully saturated rings. The molecule has 28 heavy (non-hydrogen) atoms. The summed E-state index contributed by atoms with van der Waals surface area (Å²) in [5, 5.41) is 8.62. The molecule has 0 unspecified atom stereocenters. The Morgan fingerprint density at radius 1 is 1.18 bits per heavy atom. The van der Waals surface area contributed by atoms with E-state index >= 15 is 0 Å². The van der Waals surface area contributed by atoms with Gasteiger partial charge < -0.3 is 10.5 Å². The standard InChI is InChI=1S/C20H14ClFN4OS/c21-15-8-12(22)1-3-16(15)26-10-24-25-20(26)18-7-11-5-6-27-17-4-2-13(23)9-14(17)19(11)28-18/h1-4,7-10H,5-6,23H2. The molecule has 8 heteroatoms. The Hall–Kier alpha value is -2.90. The van der Waals surface area contributed by atoms with Crippen LogP contribution in [0.25, 0.3) is 26.8 Å². The van der Waals surface area contributed by atoms with E-state index in [-0.39, 0.29) is 5.82 Å². The molecule has 3 heterocycles. The van der Waals surface area contributed by atoms with Crippen molar-refractivity contribution >= 4 is 28.6 Å². The van der Waals surface area contributed by atoms with Crippen molar-refractivity contribution in [3.63, 3.8) is 0 Å². The maximum Gasteiger partial charge on any atom is 0.178 e. The Labute approximate surface area is 169 Å². The van der Waals surface area contributed by atoms with E-state index in [4.69, 9.17) is 22.1 Å². The van der Waals surface area contributed by atoms with Gasteiger partial charge in [0.15, 0.2) is 5.82 Å². The van der Waals surface area contributed by atoms with E-state index in [0.717, 1.165) is 27.5 Å². The summed E-state index contributed by atoms with van der Waals surface area (Å²) in [7, 11) is 0. The molecule has 1 aliphatic rings. The molecule has 0 radical (unpaired) electrons. The molecule has 0 saturated carbocycles. The number of hydrogen-bond acceptors (Lipinski definition) is 5. The first-order valence-corrected chi connectivity index (χ1v) is 9.81. The summed E-state index contributed by atoms with van der Waals surface area (Å²) in [4.78, 5) is 2.05. The second-order valence-corrected chi connectivity index (χ2v) is 7.90. The highest BCUT2D eigenvalue weighted by Gasteiger charge is 2.22. The average Bonchev–Trinajstić information content (AvgIpc) is 3.27. The number of nitrogen functional groups attached to an aromatic ring is 1. The van der Waals surface area contributed by atoms with Crippen LogP contribution in [0.1, 0.15) is 5.56 Å².